The van der Waals surface area contributed by atoms with Crippen molar-refractivity contribution in [3.05, 3.63) is 28.0 Å². The number of aromatic carboxylic acids is 1. The summed E-state index contributed by atoms with van der Waals surface area (Å²) in [6.07, 6.45) is 3.53. The largest absolute Gasteiger partial charge is 0.476 e. The van der Waals surface area contributed by atoms with Gasteiger partial charge in [0.1, 0.15) is 4.88 Å². The van der Waals surface area contributed by atoms with Crippen LogP contribution in [0.3, 0.4) is 0 Å². The third kappa shape index (κ3) is 3.66. The number of carbonyl (C=O) groups excluding carboxylic acids is 1. The molecule has 0 atom stereocenters. The molecule has 0 amide bonds. The van der Waals surface area contributed by atoms with Gasteiger partial charge in [-0.05, 0) is 25.3 Å². The lowest BCUT2D eigenvalue weighted by atomic mass is 10.1. The Morgan fingerprint density at radius 3 is 2.76 bits per heavy atom. The van der Waals surface area contributed by atoms with Crippen molar-refractivity contribution in [3.8, 4) is 0 Å². The van der Waals surface area contributed by atoms with Gasteiger partial charge in [-0.1, -0.05) is 11.3 Å². The van der Waals surface area contributed by atoms with Gasteiger partial charge < -0.3 is 10.4 Å². The molecule has 0 saturated heterocycles. The van der Waals surface area contributed by atoms with Crippen molar-refractivity contribution >= 4 is 28.2 Å². The highest BCUT2D eigenvalue weighted by atomic mass is 32.1. The lowest BCUT2D eigenvalue weighted by Crippen LogP contribution is -2.05. The second kappa shape index (κ2) is 6.49. The number of aromatic amines is 1. The van der Waals surface area contributed by atoms with Gasteiger partial charge in [-0.15, -0.1) is 0 Å². The molecule has 0 aromatic carbocycles. The highest BCUT2D eigenvalue weighted by Gasteiger charge is 2.20. The Balaban J connectivity index is 1.91. The number of Topliss-reactive ketones (excluding diaryl/α,β-unsaturated/α-hetero) is 1. The second-order valence-electron chi connectivity index (χ2n) is 4.61. The van der Waals surface area contributed by atoms with E-state index >= 15 is 0 Å². The van der Waals surface area contributed by atoms with Crippen LogP contribution in [0.5, 0.6) is 0 Å². The third-order valence-corrected chi connectivity index (χ3v) is 4.10. The molecule has 8 heteroatoms. The molecule has 2 aromatic rings. The molecule has 0 aliphatic carbocycles. The molecule has 0 bridgehead atoms. The number of nitrogens with zero attached hydrogens (tertiary/aromatic N) is 2. The summed E-state index contributed by atoms with van der Waals surface area (Å²) in [6, 6.07) is 0. The van der Waals surface area contributed by atoms with Gasteiger partial charge in [-0.25, -0.2) is 9.78 Å². The molecule has 0 spiro atoms. The van der Waals surface area contributed by atoms with Crippen molar-refractivity contribution in [3.63, 3.8) is 0 Å². The minimum Gasteiger partial charge on any atom is -0.476 e. The minimum absolute atomic E-state index is 0.177. The van der Waals surface area contributed by atoms with E-state index in [1.807, 2.05) is 6.92 Å². The van der Waals surface area contributed by atoms with Crippen molar-refractivity contribution in [2.24, 2.45) is 0 Å². The smallest absolute Gasteiger partial charge is 0.356 e. The fourth-order valence-electron chi connectivity index (χ4n) is 1.88. The van der Waals surface area contributed by atoms with E-state index in [1.54, 1.807) is 6.20 Å². The van der Waals surface area contributed by atoms with Crippen LogP contribution in [0.15, 0.2) is 6.20 Å². The zero-order valence-corrected chi connectivity index (χ0v) is 12.6. The summed E-state index contributed by atoms with van der Waals surface area (Å²) in [5.41, 5.74) is 2.03. The van der Waals surface area contributed by atoms with Gasteiger partial charge in [0.15, 0.2) is 16.6 Å². The van der Waals surface area contributed by atoms with Gasteiger partial charge in [0, 0.05) is 19.2 Å². The number of carboxylic acids is 1. The van der Waals surface area contributed by atoms with E-state index in [4.69, 9.17) is 5.11 Å². The number of carbonyl (C=O) groups is 2. The molecule has 112 valence electrons. The monoisotopic (exact) mass is 308 g/mol. The van der Waals surface area contributed by atoms with Crippen LogP contribution < -0.4 is 5.32 Å². The number of hydrogen-bond donors (Lipinski definition) is 3. The molecule has 0 aliphatic rings. The van der Waals surface area contributed by atoms with Crippen LogP contribution in [-0.4, -0.2) is 38.6 Å². The molecule has 0 saturated carbocycles. The topological polar surface area (TPSA) is 108 Å². The van der Waals surface area contributed by atoms with E-state index in [0.29, 0.717) is 11.7 Å². The van der Waals surface area contributed by atoms with Crippen molar-refractivity contribution in [2.45, 2.75) is 26.7 Å². The first-order chi connectivity index (χ1) is 9.99. The Labute approximate surface area is 125 Å². The maximum Gasteiger partial charge on any atom is 0.356 e. The Kier molecular flexibility index (Phi) is 4.69. The number of aryl methyl sites for hydroxylation is 2. The minimum atomic E-state index is -1.18. The van der Waals surface area contributed by atoms with E-state index in [-0.39, 0.29) is 16.4 Å². The molecule has 3 N–H and O–H groups in total. The van der Waals surface area contributed by atoms with Crippen molar-refractivity contribution in [1.82, 2.24) is 15.2 Å². The molecule has 21 heavy (non-hydrogen) atoms. The number of nitrogens with one attached hydrogen (secondary N) is 2. The zero-order valence-electron chi connectivity index (χ0n) is 11.8. The number of thiazole rings is 1. The average Bonchev–Trinajstić information content (AvgIpc) is 3.01. The van der Waals surface area contributed by atoms with Crippen LogP contribution in [0.25, 0.3) is 0 Å². The highest BCUT2D eigenvalue weighted by molar-refractivity contribution is 7.17. The van der Waals surface area contributed by atoms with E-state index in [0.717, 1.165) is 35.4 Å². The van der Waals surface area contributed by atoms with Gasteiger partial charge in [0.05, 0.1) is 6.20 Å². The lowest BCUT2D eigenvalue weighted by molar-refractivity contribution is 0.0687. The summed E-state index contributed by atoms with van der Waals surface area (Å²) < 4.78 is 0. The zero-order chi connectivity index (χ0) is 15.4. The molecule has 0 aliphatic heterocycles. The van der Waals surface area contributed by atoms with Crippen LogP contribution in [0.4, 0.5) is 5.13 Å². The van der Waals surface area contributed by atoms with E-state index in [9.17, 15) is 9.59 Å². The summed E-state index contributed by atoms with van der Waals surface area (Å²) in [6.45, 7) is 3.95. The van der Waals surface area contributed by atoms with Gasteiger partial charge in [-0.2, -0.15) is 5.10 Å². The van der Waals surface area contributed by atoms with E-state index in [2.05, 4.69) is 20.5 Å². The number of H-pyrrole nitrogens is 1. The molecular formula is C13H16N4O3S. The predicted molar refractivity (Wildman–Crippen MR) is 79.2 cm³/mol. The van der Waals surface area contributed by atoms with E-state index in [1.165, 1.54) is 6.92 Å². The summed E-state index contributed by atoms with van der Waals surface area (Å²) in [5, 5.41) is 19.4. The predicted octanol–water partition coefficient (Wildman–Crippen LogP) is 2.12. The molecule has 0 unspecified atom stereocenters. The van der Waals surface area contributed by atoms with Crippen molar-refractivity contribution in [2.75, 3.05) is 11.9 Å². The Morgan fingerprint density at radius 2 is 2.24 bits per heavy atom. The first-order valence-corrected chi connectivity index (χ1v) is 7.28. The van der Waals surface area contributed by atoms with Crippen LogP contribution in [0.2, 0.25) is 0 Å². The molecule has 0 radical (unpaired) electrons. The van der Waals surface area contributed by atoms with Gasteiger partial charge >= 0.3 is 5.97 Å². The van der Waals surface area contributed by atoms with Gasteiger partial charge in [0.2, 0.25) is 0 Å². The third-order valence-electron chi connectivity index (χ3n) is 2.98. The number of carboxylic acid groups (broad SMARTS) is 1. The lowest BCUT2D eigenvalue weighted by Gasteiger charge is -2.01. The second-order valence-corrected chi connectivity index (χ2v) is 5.61. The maximum absolute atomic E-state index is 11.4. The normalized spacial score (nSPS) is 10.6. The van der Waals surface area contributed by atoms with Crippen LogP contribution in [0.1, 0.15) is 44.8 Å². The fourth-order valence-corrected chi connectivity index (χ4v) is 2.76. The number of rotatable bonds is 7. The Bertz CT molecular complexity index is 631. The van der Waals surface area contributed by atoms with Crippen molar-refractivity contribution < 1.29 is 14.7 Å². The molecule has 7 nitrogen and oxygen atoms in total. The van der Waals surface area contributed by atoms with Gasteiger partial charge in [0.25, 0.3) is 0 Å². The van der Waals surface area contributed by atoms with Crippen LogP contribution in [-0.2, 0) is 6.42 Å². The Morgan fingerprint density at radius 1 is 1.48 bits per heavy atom. The number of aromatic nitrogens is 3. The highest BCUT2D eigenvalue weighted by Crippen LogP contribution is 2.23. The van der Waals surface area contributed by atoms with Crippen LogP contribution in [0, 0.1) is 6.92 Å². The number of anilines is 1. The summed E-state index contributed by atoms with van der Waals surface area (Å²) in [7, 11) is 0. The number of hydrogen-bond acceptors (Lipinski definition) is 6. The molecule has 2 aromatic heterocycles. The average molecular weight is 308 g/mol. The first-order valence-electron chi connectivity index (χ1n) is 6.46. The van der Waals surface area contributed by atoms with E-state index < -0.39 is 5.97 Å². The van der Waals surface area contributed by atoms with Gasteiger partial charge in [-0.3, -0.25) is 9.89 Å². The maximum atomic E-state index is 11.4. The summed E-state index contributed by atoms with van der Waals surface area (Å²) in [5.74, 6) is -1.47. The molecule has 2 rings (SSSR count). The molecular weight excluding hydrogens is 292 g/mol. The quantitative estimate of drug-likeness (QED) is 0.534. The fraction of sp³-hybridized carbons (Fsp3) is 0.385. The first kappa shape index (κ1) is 15.2. The summed E-state index contributed by atoms with van der Waals surface area (Å²) >= 11 is 1.08. The van der Waals surface area contributed by atoms with Crippen molar-refractivity contribution in [1.29, 1.82) is 0 Å². The summed E-state index contributed by atoms with van der Waals surface area (Å²) in [4.78, 5) is 26.5. The Hall–Kier alpha value is -2.22. The molecule has 2 heterocycles. The van der Waals surface area contributed by atoms with Crippen LogP contribution >= 0.6 is 11.3 Å². The number of ketones is 1. The SMILES string of the molecule is CC(=O)c1sc(NCCCc2cn[nH]c2C)nc1C(=O)O. The molecule has 0 fully saturated rings. The standard InChI is InChI=1S/C13H16N4O3S/c1-7-9(6-15-17-7)4-3-5-14-13-16-10(12(19)20)11(21-13)8(2)18/h6H,3-5H2,1-2H3,(H,14,16)(H,15,17)(H,19,20).